The molecule has 2 aromatic heterocycles. The SMILES string of the molecule is c1cncc(COc2ccc3ccoc3c2)c1. The zero-order chi connectivity index (χ0) is 11.5. The number of pyridine rings is 1. The standard InChI is InChI=1S/C14H11NO2/c1-2-11(9-15-6-1)10-17-13-4-3-12-5-7-16-14(12)8-13/h1-9H,10H2. The highest BCUT2D eigenvalue weighted by atomic mass is 16.5. The Morgan fingerprint density at radius 3 is 3.06 bits per heavy atom. The fraction of sp³-hybridized carbons (Fsp3) is 0.0714. The number of aromatic nitrogens is 1. The Kier molecular flexibility index (Phi) is 2.50. The zero-order valence-electron chi connectivity index (χ0n) is 9.17. The molecule has 0 saturated carbocycles. The first-order valence-corrected chi connectivity index (χ1v) is 5.41. The van der Waals surface area contributed by atoms with Crippen molar-refractivity contribution in [2.45, 2.75) is 6.61 Å². The first kappa shape index (κ1) is 9.90. The van der Waals surface area contributed by atoms with Crippen molar-refractivity contribution in [3.8, 4) is 5.75 Å². The van der Waals surface area contributed by atoms with E-state index in [2.05, 4.69) is 4.98 Å². The van der Waals surface area contributed by atoms with E-state index in [0.717, 1.165) is 22.3 Å². The molecule has 0 fully saturated rings. The number of hydrogen-bond donors (Lipinski definition) is 0. The summed E-state index contributed by atoms with van der Waals surface area (Å²) in [5.74, 6) is 0.802. The van der Waals surface area contributed by atoms with E-state index in [4.69, 9.17) is 9.15 Å². The number of hydrogen-bond acceptors (Lipinski definition) is 3. The number of furan rings is 1. The number of rotatable bonds is 3. The summed E-state index contributed by atoms with van der Waals surface area (Å²) in [7, 11) is 0. The Morgan fingerprint density at radius 2 is 2.18 bits per heavy atom. The molecule has 0 atom stereocenters. The lowest BCUT2D eigenvalue weighted by atomic mass is 10.2. The maximum absolute atomic E-state index is 5.67. The molecule has 0 N–H and O–H groups in total. The highest BCUT2D eigenvalue weighted by Gasteiger charge is 2.00. The second kappa shape index (κ2) is 4.29. The molecular formula is C14H11NO2. The van der Waals surface area contributed by atoms with Crippen molar-refractivity contribution in [1.82, 2.24) is 4.98 Å². The average Bonchev–Trinajstić information content (AvgIpc) is 2.85. The third-order valence-electron chi connectivity index (χ3n) is 2.56. The molecule has 0 aliphatic carbocycles. The molecule has 0 radical (unpaired) electrons. The molecule has 0 spiro atoms. The topological polar surface area (TPSA) is 35.3 Å². The third kappa shape index (κ3) is 2.13. The Bertz CT molecular complexity index is 616. The summed E-state index contributed by atoms with van der Waals surface area (Å²) in [5.41, 5.74) is 1.89. The normalized spacial score (nSPS) is 10.6. The van der Waals surface area contributed by atoms with E-state index >= 15 is 0 Å². The minimum Gasteiger partial charge on any atom is -0.489 e. The van der Waals surface area contributed by atoms with Crippen molar-refractivity contribution >= 4 is 11.0 Å². The molecule has 3 nitrogen and oxygen atoms in total. The van der Waals surface area contributed by atoms with Crippen molar-refractivity contribution in [1.29, 1.82) is 0 Å². The summed E-state index contributed by atoms with van der Waals surface area (Å²) in [6.45, 7) is 0.514. The third-order valence-corrected chi connectivity index (χ3v) is 2.56. The van der Waals surface area contributed by atoms with E-state index in [-0.39, 0.29) is 0 Å². The molecule has 0 aliphatic rings. The highest BCUT2D eigenvalue weighted by molar-refractivity contribution is 5.78. The smallest absolute Gasteiger partial charge is 0.137 e. The van der Waals surface area contributed by atoms with Gasteiger partial charge in [0.1, 0.15) is 17.9 Å². The van der Waals surface area contributed by atoms with Crippen molar-refractivity contribution in [3.05, 3.63) is 60.6 Å². The van der Waals surface area contributed by atoms with Crippen LogP contribution in [0.1, 0.15) is 5.56 Å². The molecule has 1 aromatic carbocycles. The molecule has 0 unspecified atom stereocenters. The van der Waals surface area contributed by atoms with E-state index in [1.807, 2.05) is 36.4 Å². The number of ether oxygens (including phenoxy) is 1. The van der Waals surface area contributed by atoms with E-state index in [0.29, 0.717) is 6.61 Å². The first-order chi connectivity index (χ1) is 8.42. The monoisotopic (exact) mass is 225 g/mol. The summed E-state index contributed by atoms with van der Waals surface area (Å²) >= 11 is 0. The number of benzene rings is 1. The van der Waals surface area contributed by atoms with E-state index in [1.165, 1.54) is 0 Å². The lowest BCUT2D eigenvalue weighted by Gasteiger charge is -2.05. The van der Waals surface area contributed by atoms with Crippen molar-refractivity contribution in [3.63, 3.8) is 0 Å². The highest BCUT2D eigenvalue weighted by Crippen LogP contribution is 2.22. The molecular weight excluding hydrogens is 214 g/mol. The molecule has 3 heteroatoms. The van der Waals surface area contributed by atoms with Crippen molar-refractivity contribution < 1.29 is 9.15 Å². The fourth-order valence-corrected chi connectivity index (χ4v) is 1.68. The number of fused-ring (bicyclic) bond motifs is 1. The zero-order valence-corrected chi connectivity index (χ0v) is 9.17. The van der Waals surface area contributed by atoms with Crippen LogP contribution in [0.5, 0.6) is 5.75 Å². The van der Waals surface area contributed by atoms with Gasteiger partial charge >= 0.3 is 0 Å². The van der Waals surface area contributed by atoms with Crippen LogP contribution < -0.4 is 4.74 Å². The van der Waals surface area contributed by atoms with E-state index in [1.54, 1.807) is 18.7 Å². The van der Waals surface area contributed by atoms with Crippen LogP contribution >= 0.6 is 0 Å². The Morgan fingerprint density at radius 1 is 1.18 bits per heavy atom. The molecule has 0 bridgehead atoms. The van der Waals surface area contributed by atoms with E-state index in [9.17, 15) is 0 Å². The lowest BCUT2D eigenvalue weighted by Crippen LogP contribution is -1.95. The average molecular weight is 225 g/mol. The van der Waals surface area contributed by atoms with Gasteiger partial charge in [-0.25, -0.2) is 0 Å². The first-order valence-electron chi connectivity index (χ1n) is 5.41. The Balaban J connectivity index is 1.76. The van der Waals surface area contributed by atoms with Gasteiger partial charge in [0, 0.05) is 29.4 Å². The Hall–Kier alpha value is -2.29. The van der Waals surface area contributed by atoms with Gasteiger partial charge in [-0.15, -0.1) is 0 Å². The van der Waals surface area contributed by atoms with Crippen LogP contribution in [-0.4, -0.2) is 4.98 Å². The van der Waals surface area contributed by atoms with Gasteiger partial charge in [0.15, 0.2) is 0 Å². The molecule has 0 amide bonds. The Labute approximate surface area is 98.7 Å². The van der Waals surface area contributed by atoms with Crippen LogP contribution in [-0.2, 0) is 6.61 Å². The number of nitrogens with zero attached hydrogens (tertiary/aromatic N) is 1. The van der Waals surface area contributed by atoms with Crippen LogP contribution in [0.15, 0.2) is 59.5 Å². The summed E-state index contributed by atoms with van der Waals surface area (Å²) < 4.78 is 11.0. The molecule has 3 aromatic rings. The summed E-state index contributed by atoms with van der Waals surface area (Å²) in [5, 5.41) is 1.08. The van der Waals surface area contributed by atoms with Gasteiger partial charge in [0.05, 0.1) is 6.26 Å². The van der Waals surface area contributed by atoms with E-state index < -0.39 is 0 Å². The molecule has 2 heterocycles. The second-order valence-electron chi connectivity index (χ2n) is 3.77. The van der Waals surface area contributed by atoms with Gasteiger partial charge in [-0.05, 0) is 24.3 Å². The minimum atomic E-state index is 0.514. The minimum absolute atomic E-state index is 0.514. The van der Waals surface area contributed by atoms with Gasteiger partial charge in [-0.1, -0.05) is 6.07 Å². The van der Waals surface area contributed by atoms with Crippen LogP contribution in [0.3, 0.4) is 0 Å². The largest absolute Gasteiger partial charge is 0.489 e. The molecule has 0 saturated heterocycles. The summed E-state index contributed by atoms with van der Waals surface area (Å²) in [6, 6.07) is 11.6. The van der Waals surface area contributed by atoms with Crippen molar-refractivity contribution in [2.75, 3.05) is 0 Å². The van der Waals surface area contributed by atoms with Crippen molar-refractivity contribution in [2.24, 2.45) is 0 Å². The van der Waals surface area contributed by atoms with Crippen LogP contribution in [0.2, 0.25) is 0 Å². The van der Waals surface area contributed by atoms with Crippen LogP contribution in [0, 0.1) is 0 Å². The summed E-state index contributed by atoms with van der Waals surface area (Å²) in [6.07, 6.45) is 5.22. The predicted octanol–water partition coefficient (Wildman–Crippen LogP) is 3.41. The van der Waals surface area contributed by atoms with Gasteiger partial charge in [-0.2, -0.15) is 0 Å². The second-order valence-corrected chi connectivity index (χ2v) is 3.77. The van der Waals surface area contributed by atoms with Gasteiger partial charge in [0.2, 0.25) is 0 Å². The van der Waals surface area contributed by atoms with Gasteiger partial charge in [0.25, 0.3) is 0 Å². The molecule has 84 valence electrons. The lowest BCUT2D eigenvalue weighted by molar-refractivity contribution is 0.306. The predicted molar refractivity (Wildman–Crippen MR) is 64.8 cm³/mol. The van der Waals surface area contributed by atoms with Gasteiger partial charge in [-0.3, -0.25) is 4.98 Å². The molecule has 17 heavy (non-hydrogen) atoms. The van der Waals surface area contributed by atoms with Crippen LogP contribution in [0.4, 0.5) is 0 Å². The quantitative estimate of drug-likeness (QED) is 0.685. The van der Waals surface area contributed by atoms with Gasteiger partial charge < -0.3 is 9.15 Å². The van der Waals surface area contributed by atoms with Crippen LogP contribution in [0.25, 0.3) is 11.0 Å². The molecule has 3 rings (SSSR count). The molecule has 0 aliphatic heterocycles. The fourth-order valence-electron chi connectivity index (χ4n) is 1.68. The maximum atomic E-state index is 5.67. The summed E-state index contributed by atoms with van der Waals surface area (Å²) in [4.78, 5) is 4.04. The maximum Gasteiger partial charge on any atom is 0.137 e.